The molecule has 0 aromatic heterocycles. The van der Waals surface area contributed by atoms with Crippen molar-refractivity contribution < 1.29 is 15.0 Å². The highest BCUT2D eigenvalue weighted by Gasteiger charge is 2.35. The Hall–Kier alpha value is -0.680. The fraction of sp³-hybridized carbons (Fsp3) is 0.500. The Kier molecular flexibility index (Phi) is 5.25. The summed E-state index contributed by atoms with van der Waals surface area (Å²) in [6.07, 6.45) is 1.80. The predicted octanol–water partition coefficient (Wildman–Crippen LogP) is 4.06. The molecule has 1 aromatic carbocycles. The molecule has 1 aromatic rings. The van der Waals surface area contributed by atoms with Crippen LogP contribution in [0, 0.1) is 5.92 Å². The molecule has 0 saturated heterocycles. The summed E-state index contributed by atoms with van der Waals surface area (Å²) in [5.41, 5.74) is -0.422. The van der Waals surface area contributed by atoms with Crippen LogP contribution in [0.25, 0.3) is 0 Å². The largest absolute Gasteiger partial charge is 0.481 e. The molecule has 1 aliphatic carbocycles. The van der Waals surface area contributed by atoms with E-state index in [4.69, 9.17) is 39.9 Å². The minimum Gasteiger partial charge on any atom is -0.481 e. The summed E-state index contributed by atoms with van der Waals surface area (Å²) in [5.74, 6) is -1.17. The Morgan fingerprint density at radius 1 is 1.24 bits per heavy atom. The first kappa shape index (κ1) is 16.7. The van der Waals surface area contributed by atoms with Crippen molar-refractivity contribution in [3.8, 4) is 0 Å². The van der Waals surface area contributed by atoms with Gasteiger partial charge in [-0.1, -0.05) is 34.8 Å². The highest BCUT2D eigenvalue weighted by molar-refractivity contribution is 6.41. The standard InChI is InChI=1S/C14H16Cl3NO3/c15-9-5-10(16)12(11(17)6-9)18-7-14(21)3-1-8(2-4-14)13(19)20/h5-6,8,18,21H,1-4,7H2,(H,19,20). The summed E-state index contributed by atoms with van der Waals surface area (Å²) in [6, 6.07) is 3.14. The fourth-order valence-corrected chi connectivity index (χ4v) is 3.49. The Labute approximate surface area is 138 Å². The molecule has 0 unspecified atom stereocenters. The van der Waals surface area contributed by atoms with E-state index < -0.39 is 11.6 Å². The van der Waals surface area contributed by atoms with Gasteiger partial charge < -0.3 is 15.5 Å². The van der Waals surface area contributed by atoms with E-state index in [2.05, 4.69) is 5.32 Å². The van der Waals surface area contributed by atoms with E-state index in [0.717, 1.165) is 0 Å². The zero-order chi connectivity index (χ0) is 15.6. The van der Waals surface area contributed by atoms with Gasteiger partial charge in [0.2, 0.25) is 0 Å². The molecule has 4 nitrogen and oxygen atoms in total. The van der Waals surface area contributed by atoms with Crippen LogP contribution in [0.3, 0.4) is 0 Å². The van der Waals surface area contributed by atoms with Crippen LogP contribution in [0.5, 0.6) is 0 Å². The number of aliphatic hydroxyl groups is 1. The molecule has 0 spiro atoms. The first-order chi connectivity index (χ1) is 9.81. The first-order valence-corrected chi connectivity index (χ1v) is 7.78. The zero-order valence-electron chi connectivity index (χ0n) is 11.2. The number of hydrogen-bond acceptors (Lipinski definition) is 3. The molecule has 21 heavy (non-hydrogen) atoms. The van der Waals surface area contributed by atoms with Gasteiger partial charge in [0.25, 0.3) is 0 Å². The van der Waals surface area contributed by atoms with Gasteiger partial charge in [-0.15, -0.1) is 0 Å². The van der Waals surface area contributed by atoms with Gasteiger partial charge in [-0.3, -0.25) is 4.79 Å². The Balaban J connectivity index is 1.99. The molecule has 1 aliphatic rings. The number of nitrogens with one attached hydrogen (secondary N) is 1. The summed E-state index contributed by atoms with van der Waals surface area (Å²) < 4.78 is 0. The number of halogens is 3. The maximum atomic E-state index is 10.9. The van der Waals surface area contributed by atoms with E-state index in [9.17, 15) is 9.90 Å². The second-order valence-corrected chi connectivity index (χ2v) is 6.69. The molecule has 1 saturated carbocycles. The lowest BCUT2D eigenvalue weighted by Crippen LogP contribution is -2.41. The lowest BCUT2D eigenvalue weighted by Gasteiger charge is -2.35. The van der Waals surface area contributed by atoms with Gasteiger partial charge in [-0.25, -0.2) is 0 Å². The van der Waals surface area contributed by atoms with Gasteiger partial charge in [-0.05, 0) is 37.8 Å². The van der Waals surface area contributed by atoms with E-state index in [1.54, 1.807) is 12.1 Å². The van der Waals surface area contributed by atoms with E-state index in [1.807, 2.05) is 0 Å². The summed E-state index contributed by atoms with van der Waals surface area (Å²) >= 11 is 18.0. The maximum absolute atomic E-state index is 10.9. The third-order valence-corrected chi connectivity index (χ3v) is 4.68. The second kappa shape index (κ2) is 6.61. The highest BCUT2D eigenvalue weighted by atomic mass is 35.5. The van der Waals surface area contributed by atoms with Crippen molar-refractivity contribution in [1.29, 1.82) is 0 Å². The van der Waals surface area contributed by atoms with E-state index in [0.29, 0.717) is 46.4 Å². The van der Waals surface area contributed by atoms with Crippen molar-refractivity contribution in [2.24, 2.45) is 5.92 Å². The first-order valence-electron chi connectivity index (χ1n) is 6.64. The minimum atomic E-state index is -0.946. The summed E-state index contributed by atoms with van der Waals surface area (Å²) in [7, 11) is 0. The van der Waals surface area contributed by atoms with Crippen LogP contribution in [0.2, 0.25) is 15.1 Å². The normalized spacial score (nSPS) is 25.6. The summed E-state index contributed by atoms with van der Waals surface area (Å²) in [6.45, 7) is 0.264. The average Bonchev–Trinajstić information content (AvgIpc) is 2.37. The van der Waals surface area contributed by atoms with Gasteiger partial charge in [0.05, 0.1) is 27.3 Å². The molecule has 0 atom stereocenters. The molecule has 0 aliphatic heterocycles. The summed E-state index contributed by atoms with van der Waals surface area (Å²) in [5, 5.41) is 23.7. The molecule has 0 heterocycles. The van der Waals surface area contributed by atoms with Crippen LogP contribution in [0.4, 0.5) is 5.69 Å². The van der Waals surface area contributed by atoms with Gasteiger partial charge in [0, 0.05) is 11.6 Å². The van der Waals surface area contributed by atoms with Crippen LogP contribution in [0.15, 0.2) is 12.1 Å². The van der Waals surface area contributed by atoms with E-state index in [1.165, 1.54) is 0 Å². The Morgan fingerprint density at radius 3 is 2.24 bits per heavy atom. The van der Waals surface area contributed by atoms with Gasteiger partial charge in [0.1, 0.15) is 0 Å². The number of aliphatic carboxylic acids is 1. The van der Waals surface area contributed by atoms with E-state index in [-0.39, 0.29) is 12.5 Å². The molecular weight excluding hydrogens is 337 g/mol. The monoisotopic (exact) mass is 351 g/mol. The van der Waals surface area contributed by atoms with Crippen LogP contribution >= 0.6 is 34.8 Å². The molecule has 7 heteroatoms. The maximum Gasteiger partial charge on any atom is 0.306 e. The topological polar surface area (TPSA) is 69.6 Å². The number of carboxylic acid groups (broad SMARTS) is 1. The minimum absolute atomic E-state index is 0.264. The Bertz CT molecular complexity index is 519. The highest BCUT2D eigenvalue weighted by Crippen LogP contribution is 2.36. The number of carboxylic acids is 1. The van der Waals surface area contributed by atoms with Gasteiger partial charge in [-0.2, -0.15) is 0 Å². The Morgan fingerprint density at radius 2 is 1.76 bits per heavy atom. The smallest absolute Gasteiger partial charge is 0.306 e. The molecule has 3 N–H and O–H groups in total. The number of carbonyl (C=O) groups is 1. The van der Waals surface area contributed by atoms with Crippen LogP contribution in [-0.2, 0) is 4.79 Å². The predicted molar refractivity (Wildman–Crippen MR) is 84.5 cm³/mol. The second-order valence-electron chi connectivity index (χ2n) is 5.43. The molecule has 2 rings (SSSR count). The third-order valence-electron chi connectivity index (χ3n) is 3.87. The van der Waals surface area contributed by atoms with Crippen molar-refractivity contribution in [2.45, 2.75) is 31.3 Å². The van der Waals surface area contributed by atoms with Crippen molar-refractivity contribution in [3.63, 3.8) is 0 Å². The third kappa shape index (κ3) is 4.16. The molecule has 0 bridgehead atoms. The number of anilines is 1. The molecule has 0 radical (unpaired) electrons. The lowest BCUT2D eigenvalue weighted by atomic mass is 9.79. The molecular formula is C14H16Cl3NO3. The van der Waals surface area contributed by atoms with Crippen LogP contribution < -0.4 is 5.32 Å². The molecule has 116 valence electrons. The number of hydrogen-bond donors (Lipinski definition) is 3. The SMILES string of the molecule is O=C(O)C1CCC(O)(CNc2c(Cl)cc(Cl)cc2Cl)CC1. The zero-order valence-corrected chi connectivity index (χ0v) is 13.5. The molecule has 0 amide bonds. The van der Waals surface area contributed by atoms with Gasteiger partial charge in [0.15, 0.2) is 0 Å². The van der Waals surface area contributed by atoms with Crippen LogP contribution in [0.1, 0.15) is 25.7 Å². The average molecular weight is 353 g/mol. The quantitative estimate of drug-likeness (QED) is 0.764. The van der Waals surface area contributed by atoms with Crippen molar-refractivity contribution in [1.82, 2.24) is 0 Å². The fourth-order valence-electron chi connectivity index (χ4n) is 2.54. The van der Waals surface area contributed by atoms with E-state index >= 15 is 0 Å². The number of benzene rings is 1. The lowest BCUT2D eigenvalue weighted by molar-refractivity contribution is -0.144. The van der Waals surface area contributed by atoms with Crippen molar-refractivity contribution >= 4 is 46.5 Å². The van der Waals surface area contributed by atoms with Crippen molar-refractivity contribution in [3.05, 3.63) is 27.2 Å². The molecule has 1 fully saturated rings. The van der Waals surface area contributed by atoms with Crippen molar-refractivity contribution in [2.75, 3.05) is 11.9 Å². The van der Waals surface area contributed by atoms with Crippen LogP contribution in [-0.4, -0.2) is 28.3 Å². The summed E-state index contributed by atoms with van der Waals surface area (Å²) in [4.78, 5) is 10.9. The number of rotatable bonds is 4. The van der Waals surface area contributed by atoms with Gasteiger partial charge >= 0.3 is 5.97 Å².